The Balaban J connectivity index is 1.53. The van der Waals surface area contributed by atoms with Gasteiger partial charge in [-0.1, -0.05) is 44.4 Å². The molecule has 3 aromatic heterocycles. The Morgan fingerprint density at radius 1 is 1.14 bits per heavy atom. The number of benzene rings is 1. The Labute approximate surface area is 211 Å². The lowest BCUT2D eigenvalue weighted by molar-refractivity contribution is 0.155. The van der Waals surface area contributed by atoms with E-state index >= 15 is 0 Å². The Morgan fingerprint density at radius 2 is 1.97 bits per heavy atom. The monoisotopic (exact) mass is 485 g/mol. The highest BCUT2D eigenvalue weighted by Gasteiger charge is 2.29. The normalized spacial score (nSPS) is 15.6. The van der Waals surface area contributed by atoms with Crippen molar-refractivity contribution in [2.45, 2.75) is 84.5 Å². The van der Waals surface area contributed by atoms with Gasteiger partial charge in [0.2, 0.25) is 0 Å². The third-order valence-corrected chi connectivity index (χ3v) is 7.67. The van der Waals surface area contributed by atoms with Crippen molar-refractivity contribution < 1.29 is 0 Å². The summed E-state index contributed by atoms with van der Waals surface area (Å²) < 4.78 is 2.06. The van der Waals surface area contributed by atoms with E-state index in [1.165, 1.54) is 24.8 Å². The minimum atomic E-state index is -0.0471. The quantitative estimate of drug-likeness (QED) is 0.369. The molecule has 1 aliphatic rings. The molecule has 0 unspecified atom stereocenters. The van der Waals surface area contributed by atoms with E-state index in [2.05, 4.69) is 74.0 Å². The highest BCUT2D eigenvalue weighted by atomic mass is 16.1. The molecule has 0 aliphatic heterocycles. The first-order valence-corrected chi connectivity index (χ1v) is 13.1. The molecule has 1 N–H and O–H groups in total. The van der Waals surface area contributed by atoms with Gasteiger partial charge in [0.15, 0.2) is 5.82 Å². The fraction of sp³-hybridized carbons (Fsp3) is 0.464. The van der Waals surface area contributed by atoms with Gasteiger partial charge < -0.3 is 4.98 Å². The first-order valence-electron chi connectivity index (χ1n) is 13.1. The summed E-state index contributed by atoms with van der Waals surface area (Å²) in [5.74, 6) is 0.886. The predicted molar refractivity (Wildman–Crippen MR) is 140 cm³/mol. The van der Waals surface area contributed by atoms with E-state index in [0.717, 1.165) is 52.7 Å². The molecule has 0 spiro atoms. The van der Waals surface area contributed by atoms with Crippen molar-refractivity contribution in [1.82, 2.24) is 35.1 Å². The van der Waals surface area contributed by atoms with E-state index in [0.29, 0.717) is 19.1 Å². The second kappa shape index (κ2) is 10.7. The van der Waals surface area contributed by atoms with Gasteiger partial charge in [-0.15, -0.1) is 5.10 Å². The molecule has 1 fully saturated rings. The molecular formula is C28H35N7O. The summed E-state index contributed by atoms with van der Waals surface area (Å²) in [7, 11) is 0. The second-order valence-electron chi connectivity index (χ2n) is 10.1. The van der Waals surface area contributed by atoms with E-state index in [1.54, 1.807) is 6.20 Å². The zero-order valence-corrected chi connectivity index (χ0v) is 21.4. The van der Waals surface area contributed by atoms with Crippen molar-refractivity contribution in [3.05, 3.63) is 81.2 Å². The summed E-state index contributed by atoms with van der Waals surface area (Å²) >= 11 is 0. The molecule has 1 aromatic carbocycles. The maximum absolute atomic E-state index is 13.3. The van der Waals surface area contributed by atoms with Crippen LogP contribution in [0.2, 0.25) is 0 Å². The van der Waals surface area contributed by atoms with E-state index < -0.39 is 0 Å². The van der Waals surface area contributed by atoms with Crippen LogP contribution in [0.25, 0.3) is 10.9 Å². The summed E-state index contributed by atoms with van der Waals surface area (Å²) in [5.41, 5.74) is 4.98. The number of rotatable bonds is 8. The first kappa shape index (κ1) is 24.3. The molecule has 1 aliphatic carbocycles. The molecule has 5 rings (SSSR count). The fourth-order valence-corrected chi connectivity index (χ4v) is 5.52. The minimum absolute atomic E-state index is 0.0306. The summed E-state index contributed by atoms with van der Waals surface area (Å²) in [6.07, 6.45) is 10.4. The maximum Gasteiger partial charge on any atom is 0.252 e. The Kier molecular flexibility index (Phi) is 7.23. The third kappa shape index (κ3) is 4.95. The number of tetrazole rings is 1. The fourth-order valence-electron chi connectivity index (χ4n) is 5.52. The molecule has 4 aromatic rings. The van der Waals surface area contributed by atoms with E-state index in [-0.39, 0.29) is 11.6 Å². The van der Waals surface area contributed by atoms with Gasteiger partial charge in [0, 0.05) is 31.0 Å². The van der Waals surface area contributed by atoms with Crippen molar-refractivity contribution in [2.75, 3.05) is 0 Å². The minimum Gasteiger partial charge on any atom is -0.321 e. The Bertz CT molecular complexity index is 1370. The Morgan fingerprint density at radius 3 is 2.72 bits per heavy atom. The molecular weight excluding hydrogens is 450 g/mol. The van der Waals surface area contributed by atoms with Gasteiger partial charge in [0.05, 0.1) is 17.6 Å². The zero-order chi connectivity index (χ0) is 25.1. The number of nitrogens with one attached hydrogen (secondary N) is 1. The number of aromatic amines is 1. The molecule has 0 saturated heterocycles. The SMILES string of the molecule is CC[C@H](c1nnnn1C1CCCCC1)N(Cc1cccnc1)Cc1cc2ccc(C)c(C)c2[nH]c1=O. The van der Waals surface area contributed by atoms with Crippen LogP contribution in [0.15, 0.2) is 47.5 Å². The van der Waals surface area contributed by atoms with Gasteiger partial charge >= 0.3 is 0 Å². The number of pyridine rings is 2. The van der Waals surface area contributed by atoms with Crippen LogP contribution in [-0.2, 0) is 13.1 Å². The van der Waals surface area contributed by atoms with Crippen LogP contribution in [0.4, 0.5) is 0 Å². The first-order chi connectivity index (χ1) is 17.5. The van der Waals surface area contributed by atoms with Crippen molar-refractivity contribution in [1.29, 1.82) is 0 Å². The van der Waals surface area contributed by atoms with Gasteiger partial charge in [-0.2, -0.15) is 0 Å². The lowest BCUT2D eigenvalue weighted by Crippen LogP contribution is -2.33. The van der Waals surface area contributed by atoms with Crippen LogP contribution >= 0.6 is 0 Å². The molecule has 8 heteroatoms. The highest BCUT2D eigenvalue weighted by Crippen LogP contribution is 2.32. The molecule has 3 heterocycles. The average Bonchev–Trinajstić information content (AvgIpc) is 3.38. The van der Waals surface area contributed by atoms with E-state index in [9.17, 15) is 4.79 Å². The van der Waals surface area contributed by atoms with E-state index in [1.807, 2.05) is 18.3 Å². The Hall–Kier alpha value is -3.39. The summed E-state index contributed by atoms with van der Waals surface area (Å²) in [5, 5.41) is 14.1. The van der Waals surface area contributed by atoms with Gasteiger partial charge in [-0.25, -0.2) is 4.68 Å². The zero-order valence-electron chi connectivity index (χ0n) is 21.4. The summed E-state index contributed by atoms with van der Waals surface area (Å²) in [6.45, 7) is 7.42. The van der Waals surface area contributed by atoms with Crippen molar-refractivity contribution in [3.63, 3.8) is 0 Å². The molecule has 0 radical (unpaired) electrons. The number of aromatic nitrogens is 6. The molecule has 0 amide bonds. The van der Waals surface area contributed by atoms with Crippen LogP contribution in [0, 0.1) is 13.8 Å². The largest absolute Gasteiger partial charge is 0.321 e. The maximum atomic E-state index is 13.3. The number of H-pyrrole nitrogens is 1. The highest BCUT2D eigenvalue weighted by molar-refractivity contribution is 5.83. The smallest absolute Gasteiger partial charge is 0.252 e. The summed E-state index contributed by atoms with van der Waals surface area (Å²) in [6, 6.07) is 10.6. The lowest BCUT2D eigenvalue weighted by atomic mass is 9.95. The van der Waals surface area contributed by atoms with Crippen LogP contribution in [0.1, 0.15) is 85.6 Å². The molecule has 0 bridgehead atoms. The standard InChI is InChI=1S/C28H35N7O/c1-4-25(27-31-32-33-35(27)24-10-6-5-7-11-24)34(17-21-9-8-14-29-16-21)18-23-15-22-13-12-19(2)20(3)26(22)30-28(23)36/h8-9,12-16,24-25H,4-7,10-11,17-18H2,1-3H3,(H,30,36)/t25-/m1/s1. The molecule has 188 valence electrons. The number of hydrogen-bond acceptors (Lipinski definition) is 6. The van der Waals surface area contributed by atoms with Crippen LogP contribution in [0.5, 0.6) is 0 Å². The van der Waals surface area contributed by atoms with Crippen molar-refractivity contribution in [2.24, 2.45) is 0 Å². The van der Waals surface area contributed by atoms with Crippen LogP contribution in [-0.4, -0.2) is 35.1 Å². The van der Waals surface area contributed by atoms with Crippen molar-refractivity contribution in [3.8, 4) is 0 Å². The number of fused-ring (bicyclic) bond motifs is 1. The molecule has 36 heavy (non-hydrogen) atoms. The second-order valence-corrected chi connectivity index (χ2v) is 10.1. The molecule has 1 atom stereocenters. The van der Waals surface area contributed by atoms with Crippen LogP contribution in [0.3, 0.4) is 0 Å². The van der Waals surface area contributed by atoms with Gasteiger partial charge in [0.25, 0.3) is 5.56 Å². The van der Waals surface area contributed by atoms with Gasteiger partial charge in [-0.05, 0) is 77.7 Å². The molecule has 8 nitrogen and oxygen atoms in total. The van der Waals surface area contributed by atoms with E-state index in [4.69, 9.17) is 0 Å². The number of aryl methyl sites for hydroxylation is 2. The average molecular weight is 486 g/mol. The number of nitrogens with zero attached hydrogens (tertiary/aromatic N) is 6. The lowest BCUT2D eigenvalue weighted by Gasteiger charge is -2.32. The molecule has 1 saturated carbocycles. The third-order valence-electron chi connectivity index (χ3n) is 7.67. The van der Waals surface area contributed by atoms with Crippen LogP contribution < -0.4 is 5.56 Å². The summed E-state index contributed by atoms with van der Waals surface area (Å²) in [4.78, 5) is 23.0. The topological polar surface area (TPSA) is 92.6 Å². The van der Waals surface area contributed by atoms with Crippen molar-refractivity contribution >= 4 is 10.9 Å². The van der Waals surface area contributed by atoms with Gasteiger partial charge in [0.1, 0.15) is 0 Å². The van der Waals surface area contributed by atoms with Gasteiger partial charge in [-0.3, -0.25) is 14.7 Å². The predicted octanol–water partition coefficient (Wildman–Crippen LogP) is 5.19. The number of hydrogen-bond donors (Lipinski definition) is 1.